The van der Waals surface area contributed by atoms with Gasteiger partial charge in [-0.15, -0.1) is 0 Å². The number of aryl methyl sites for hydroxylation is 1. The Bertz CT molecular complexity index is 1190. The van der Waals surface area contributed by atoms with E-state index in [0.717, 1.165) is 24.8 Å². The molecule has 1 saturated heterocycles. The van der Waals surface area contributed by atoms with Crippen molar-refractivity contribution < 1.29 is 14.6 Å². The second-order valence-electron chi connectivity index (χ2n) is 9.03. The van der Waals surface area contributed by atoms with E-state index in [9.17, 15) is 14.7 Å². The van der Waals surface area contributed by atoms with Crippen LogP contribution in [0.15, 0.2) is 65.5 Å². The van der Waals surface area contributed by atoms with Gasteiger partial charge in [-0.1, -0.05) is 74.0 Å². The number of carbonyl (C=O) groups is 1. The van der Waals surface area contributed by atoms with Gasteiger partial charge in [0, 0.05) is 32.5 Å². The zero-order valence-electron chi connectivity index (χ0n) is 20.4. The molecule has 1 amide bonds. The molecule has 7 nitrogen and oxygen atoms in total. The standard InChI is InChI=1S/C28H33N3O4/c1-3-4-15-24-29-26(32)25(27(33)30-17-16-22(18-30)20-11-7-5-8-12-20)28(34)31(24)23(19-35-2)21-13-9-6-10-14-21/h5-14,22-23,34H,3-4,15-19H2,1-2H3/t22-,23-/m0/s1. The topological polar surface area (TPSA) is 84.7 Å². The van der Waals surface area contributed by atoms with Gasteiger partial charge in [0.1, 0.15) is 5.82 Å². The Morgan fingerprint density at radius 3 is 2.49 bits per heavy atom. The molecule has 1 N–H and O–H groups in total. The molecule has 184 valence electrons. The Labute approximate surface area is 206 Å². The summed E-state index contributed by atoms with van der Waals surface area (Å²) in [6, 6.07) is 19.3. The Morgan fingerprint density at radius 1 is 1.14 bits per heavy atom. The Morgan fingerprint density at radius 2 is 1.83 bits per heavy atom. The number of aromatic nitrogens is 2. The number of nitrogens with zero attached hydrogens (tertiary/aromatic N) is 3. The van der Waals surface area contributed by atoms with E-state index >= 15 is 0 Å². The van der Waals surface area contributed by atoms with Gasteiger partial charge in [0.2, 0.25) is 5.88 Å². The van der Waals surface area contributed by atoms with Crippen molar-refractivity contribution in [3.63, 3.8) is 0 Å². The molecule has 2 atom stereocenters. The molecule has 1 fully saturated rings. The van der Waals surface area contributed by atoms with E-state index in [0.29, 0.717) is 25.3 Å². The highest BCUT2D eigenvalue weighted by atomic mass is 16.5. The van der Waals surface area contributed by atoms with Gasteiger partial charge in [-0.3, -0.25) is 14.2 Å². The van der Waals surface area contributed by atoms with E-state index in [2.05, 4.69) is 24.0 Å². The van der Waals surface area contributed by atoms with Crippen molar-refractivity contribution in [2.45, 2.75) is 44.6 Å². The van der Waals surface area contributed by atoms with Crippen molar-refractivity contribution in [1.29, 1.82) is 0 Å². The Hall–Kier alpha value is -3.45. The summed E-state index contributed by atoms with van der Waals surface area (Å²) in [5.74, 6) is -0.152. The summed E-state index contributed by atoms with van der Waals surface area (Å²) < 4.78 is 7.11. The van der Waals surface area contributed by atoms with Gasteiger partial charge in [0.05, 0.1) is 12.6 Å². The Kier molecular flexibility index (Phi) is 7.98. The van der Waals surface area contributed by atoms with Crippen LogP contribution >= 0.6 is 0 Å². The number of aromatic hydroxyl groups is 1. The number of amides is 1. The smallest absolute Gasteiger partial charge is 0.289 e. The van der Waals surface area contributed by atoms with Crippen LogP contribution in [0.2, 0.25) is 0 Å². The lowest BCUT2D eigenvalue weighted by atomic mass is 9.99. The molecule has 3 aromatic rings. The lowest BCUT2D eigenvalue weighted by Crippen LogP contribution is -2.36. The first-order valence-electron chi connectivity index (χ1n) is 12.3. The number of benzene rings is 2. The minimum absolute atomic E-state index is 0.201. The van der Waals surface area contributed by atoms with Crippen molar-refractivity contribution in [3.05, 3.63) is 93.5 Å². The predicted octanol–water partition coefficient (Wildman–Crippen LogP) is 4.16. The molecule has 1 aliphatic heterocycles. The Balaban J connectivity index is 1.74. The second kappa shape index (κ2) is 11.3. The first-order valence-corrected chi connectivity index (χ1v) is 12.3. The number of hydrogen-bond donors (Lipinski definition) is 1. The summed E-state index contributed by atoms with van der Waals surface area (Å²) in [5.41, 5.74) is 1.12. The third kappa shape index (κ3) is 5.30. The lowest BCUT2D eigenvalue weighted by molar-refractivity contribution is 0.0782. The van der Waals surface area contributed by atoms with Crippen LogP contribution in [-0.4, -0.2) is 52.3 Å². The van der Waals surface area contributed by atoms with E-state index in [1.807, 2.05) is 48.5 Å². The van der Waals surface area contributed by atoms with Crippen LogP contribution in [0.4, 0.5) is 0 Å². The summed E-state index contributed by atoms with van der Waals surface area (Å²) in [6.45, 7) is 3.34. The zero-order chi connectivity index (χ0) is 24.8. The molecule has 2 heterocycles. The van der Waals surface area contributed by atoms with E-state index in [1.165, 1.54) is 5.56 Å². The first kappa shape index (κ1) is 24.7. The number of likely N-dealkylation sites (tertiary alicyclic amines) is 1. The number of ether oxygens (including phenoxy) is 1. The maximum absolute atomic E-state index is 13.5. The molecule has 0 bridgehead atoms. The summed E-state index contributed by atoms with van der Waals surface area (Å²) >= 11 is 0. The van der Waals surface area contributed by atoms with Crippen molar-refractivity contribution in [1.82, 2.24) is 14.5 Å². The second-order valence-corrected chi connectivity index (χ2v) is 9.03. The quantitative estimate of drug-likeness (QED) is 0.502. The summed E-state index contributed by atoms with van der Waals surface area (Å²) in [4.78, 5) is 32.6. The largest absolute Gasteiger partial charge is 0.494 e. The summed E-state index contributed by atoms with van der Waals surface area (Å²) in [7, 11) is 1.59. The van der Waals surface area contributed by atoms with Gasteiger partial charge in [0.25, 0.3) is 11.5 Å². The van der Waals surface area contributed by atoms with Crippen molar-refractivity contribution in [3.8, 4) is 5.88 Å². The number of carbonyl (C=O) groups excluding carboxylic acids is 1. The number of unbranched alkanes of at least 4 members (excludes halogenated alkanes) is 1. The number of rotatable bonds is 9. The highest BCUT2D eigenvalue weighted by Gasteiger charge is 2.33. The minimum atomic E-state index is -0.678. The van der Waals surface area contributed by atoms with E-state index in [1.54, 1.807) is 16.6 Å². The van der Waals surface area contributed by atoms with Gasteiger partial charge >= 0.3 is 0 Å². The van der Waals surface area contributed by atoms with E-state index in [4.69, 9.17) is 4.74 Å². The molecule has 7 heteroatoms. The molecule has 0 unspecified atom stereocenters. The zero-order valence-corrected chi connectivity index (χ0v) is 20.4. The van der Waals surface area contributed by atoms with Gasteiger partial charge in [0.15, 0.2) is 5.56 Å². The number of hydrogen-bond acceptors (Lipinski definition) is 5. The molecule has 35 heavy (non-hydrogen) atoms. The first-order chi connectivity index (χ1) is 17.0. The average molecular weight is 476 g/mol. The molecular formula is C28H33N3O4. The minimum Gasteiger partial charge on any atom is -0.494 e. The van der Waals surface area contributed by atoms with Gasteiger partial charge in [-0.05, 0) is 24.0 Å². The normalized spacial score (nSPS) is 16.4. The van der Waals surface area contributed by atoms with Gasteiger partial charge in [-0.25, -0.2) is 0 Å². The van der Waals surface area contributed by atoms with E-state index < -0.39 is 17.5 Å². The molecule has 2 aromatic carbocycles. The molecule has 4 rings (SSSR count). The van der Waals surface area contributed by atoms with Gasteiger partial charge in [-0.2, -0.15) is 4.98 Å². The average Bonchev–Trinajstić information content (AvgIpc) is 3.38. The van der Waals surface area contributed by atoms with Crippen molar-refractivity contribution >= 4 is 5.91 Å². The maximum atomic E-state index is 13.5. The molecule has 1 aromatic heterocycles. The molecule has 0 spiro atoms. The monoisotopic (exact) mass is 475 g/mol. The fourth-order valence-electron chi connectivity index (χ4n) is 4.84. The van der Waals surface area contributed by atoms with Crippen LogP contribution in [0.25, 0.3) is 0 Å². The summed E-state index contributed by atoms with van der Waals surface area (Å²) in [6.07, 6.45) is 3.04. The van der Waals surface area contributed by atoms with Crippen LogP contribution in [0.5, 0.6) is 5.88 Å². The van der Waals surface area contributed by atoms with Crippen molar-refractivity contribution in [2.75, 3.05) is 26.8 Å². The maximum Gasteiger partial charge on any atom is 0.289 e. The highest BCUT2D eigenvalue weighted by Crippen LogP contribution is 2.31. The summed E-state index contributed by atoms with van der Waals surface area (Å²) in [5, 5.41) is 11.4. The third-order valence-electron chi connectivity index (χ3n) is 6.71. The fraction of sp³-hybridized carbons (Fsp3) is 0.393. The van der Waals surface area contributed by atoms with Crippen LogP contribution < -0.4 is 5.56 Å². The molecule has 0 aliphatic carbocycles. The van der Waals surface area contributed by atoms with Crippen LogP contribution in [0, 0.1) is 0 Å². The number of methoxy groups -OCH3 is 1. The molecule has 0 radical (unpaired) electrons. The van der Waals surface area contributed by atoms with Crippen molar-refractivity contribution in [2.24, 2.45) is 0 Å². The third-order valence-corrected chi connectivity index (χ3v) is 6.71. The van der Waals surface area contributed by atoms with Crippen LogP contribution in [0.1, 0.15) is 65.5 Å². The fourth-order valence-corrected chi connectivity index (χ4v) is 4.84. The van der Waals surface area contributed by atoms with Crippen LogP contribution in [0.3, 0.4) is 0 Å². The highest BCUT2D eigenvalue weighted by molar-refractivity contribution is 5.96. The van der Waals surface area contributed by atoms with Gasteiger partial charge < -0.3 is 14.7 Å². The van der Waals surface area contributed by atoms with Crippen LogP contribution in [-0.2, 0) is 11.2 Å². The molecule has 1 aliphatic rings. The molecule has 0 saturated carbocycles. The SMILES string of the molecule is CCCCc1nc(=O)c(C(=O)N2CC[C@H](c3ccccc3)C2)c(O)n1[C@@H](COC)c1ccccc1. The lowest BCUT2D eigenvalue weighted by Gasteiger charge is -2.26. The van der Waals surface area contributed by atoms with E-state index in [-0.39, 0.29) is 24.0 Å². The molecular weight excluding hydrogens is 442 g/mol. The predicted molar refractivity (Wildman–Crippen MR) is 135 cm³/mol.